The van der Waals surface area contributed by atoms with Crippen LogP contribution in [0, 0.1) is 17.7 Å². The van der Waals surface area contributed by atoms with Gasteiger partial charge in [-0.05, 0) is 30.3 Å². The summed E-state index contributed by atoms with van der Waals surface area (Å²) < 4.78 is 13.7. The highest BCUT2D eigenvalue weighted by molar-refractivity contribution is 5.94. The molecule has 2 rings (SSSR count). The molecule has 1 amide bonds. The third-order valence-corrected chi connectivity index (χ3v) is 2.60. The summed E-state index contributed by atoms with van der Waals surface area (Å²) in [4.78, 5) is 12.0. The number of nitrogens with one attached hydrogen (secondary N) is 1. The van der Waals surface area contributed by atoms with Crippen LogP contribution in [0.3, 0.4) is 0 Å². The van der Waals surface area contributed by atoms with Gasteiger partial charge in [-0.1, -0.05) is 11.8 Å². The molecule has 0 atom stereocenters. The summed E-state index contributed by atoms with van der Waals surface area (Å²) in [6, 6.07) is 7.52. The van der Waals surface area contributed by atoms with Crippen molar-refractivity contribution in [3.8, 4) is 11.8 Å². The number of nitrogens with two attached hydrogens (primary N) is 1. The van der Waals surface area contributed by atoms with Crippen LogP contribution in [0.1, 0.15) is 21.6 Å². The summed E-state index contributed by atoms with van der Waals surface area (Å²) in [6.45, 7) is 0.371. The van der Waals surface area contributed by atoms with Crippen molar-refractivity contribution in [2.45, 2.75) is 6.54 Å². The average molecular weight is 284 g/mol. The fraction of sp³-hybridized carbons (Fsp3) is 0.133. The minimum absolute atomic E-state index is 0.0669. The molecule has 2 aromatic rings. The molecule has 1 aromatic carbocycles. The molecule has 0 saturated heterocycles. The van der Waals surface area contributed by atoms with E-state index in [4.69, 9.17) is 5.73 Å². The molecule has 0 aliphatic carbocycles. The molecule has 0 radical (unpaired) electrons. The molecule has 0 fully saturated rings. The third-order valence-electron chi connectivity index (χ3n) is 2.60. The van der Waals surface area contributed by atoms with Crippen LogP contribution in [-0.4, -0.2) is 22.6 Å². The summed E-state index contributed by atoms with van der Waals surface area (Å²) in [5.74, 6) is 4.27. The Kier molecular flexibility index (Phi) is 4.96. The summed E-state index contributed by atoms with van der Waals surface area (Å²) in [5.41, 5.74) is 6.33. The van der Waals surface area contributed by atoms with Gasteiger partial charge in [-0.25, -0.2) is 4.39 Å². The Hall–Kier alpha value is -2.78. The lowest BCUT2D eigenvalue weighted by Crippen LogP contribution is -2.24. The van der Waals surface area contributed by atoms with Gasteiger partial charge in [0.25, 0.3) is 5.91 Å². The second-order valence-electron chi connectivity index (χ2n) is 4.10. The largest absolute Gasteiger partial charge is 0.346 e. The topological polar surface area (TPSA) is 80.9 Å². The number of carbonyl (C=O) groups excluding carboxylic acids is 1. The van der Waals surface area contributed by atoms with E-state index in [9.17, 15) is 9.18 Å². The molecule has 1 aromatic heterocycles. The molecule has 0 saturated carbocycles. The molecule has 3 N–H and O–H groups in total. The Morgan fingerprint density at radius 3 is 2.95 bits per heavy atom. The highest BCUT2D eigenvalue weighted by atomic mass is 19.1. The van der Waals surface area contributed by atoms with Crippen LogP contribution in [0.15, 0.2) is 36.5 Å². The molecular weight excluding hydrogens is 271 g/mol. The number of aromatic nitrogens is 2. The smallest absolute Gasteiger partial charge is 0.254 e. The fourth-order valence-electron chi connectivity index (χ4n) is 1.62. The van der Waals surface area contributed by atoms with Crippen molar-refractivity contribution in [2.75, 3.05) is 6.54 Å². The Morgan fingerprint density at radius 2 is 2.24 bits per heavy atom. The minimum Gasteiger partial charge on any atom is -0.346 e. The SMILES string of the molecule is NCC#Cc1ccc(F)c(C(=O)NCc2cccnn2)c1. The van der Waals surface area contributed by atoms with Gasteiger partial charge in [0.05, 0.1) is 24.3 Å². The molecule has 21 heavy (non-hydrogen) atoms. The number of benzene rings is 1. The molecule has 6 heteroatoms. The lowest BCUT2D eigenvalue weighted by Gasteiger charge is -2.06. The van der Waals surface area contributed by atoms with Gasteiger partial charge < -0.3 is 11.1 Å². The zero-order chi connectivity index (χ0) is 15.1. The predicted octanol–water partition coefficient (Wildman–Crippen LogP) is 0.856. The van der Waals surface area contributed by atoms with Gasteiger partial charge >= 0.3 is 0 Å². The van der Waals surface area contributed by atoms with Crippen LogP contribution in [0.4, 0.5) is 4.39 Å². The number of amides is 1. The van der Waals surface area contributed by atoms with Gasteiger partial charge in [0.15, 0.2) is 0 Å². The second-order valence-corrected chi connectivity index (χ2v) is 4.10. The van der Waals surface area contributed by atoms with Crippen molar-refractivity contribution in [1.82, 2.24) is 15.5 Å². The maximum atomic E-state index is 13.7. The van der Waals surface area contributed by atoms with Crippen LogP contribution in [0.2, 0.25) is 0 Å². The Bertz CT molecular complexity index is 692. The molecule has 0 aliphatic rings. The van der Waals surface area contributed by atoms with Crippen molar-refractivity contribution < 1.29 is 9.18 Å². The van der Waals surface area contributed by atoms with E-state index in [0.717, 1.165) is 0 Å². The van der Waals surface area contributed by atoms with Crippen LogP contribution in [0.5, 0.6) is 0 Å². The van der Waals surface area contributed by atoms with Crippen LogP contribution >= 0.6 is 0 Å². The quantitative estimate of drug-likeness (QED) is 0.819. The molecule has 0 spiro atoms. The van der Waals surface area contributed by atoms with Gasteiger partial charge in [0, 0.05) is 11.8 Å². The Morgan fingerprint density at radius 1 is 1.38 bits per heavy atom. The molecule has 0 bridgehead atoms. The average Bonchev–Trinajstić information content (AvgIpc) is 2.53. The maximum Gasteiger partial charge on any atom is 0.254 e. The Labute approximate surface area is 121 Å². The lowest BCUT2D eigenvalue weighted by molar-refractivity contribution is 0.0946. The van der Waals surface area contributed by atoms with Crippen molar-refractivity contribution in [2.24, 2.45) is 5.73 Å². The van der Waals surface area contributed by atoms with Crippen molar-refractivity contribution in [3.63, 3.8) is 0 Å². The molecule has 106 valence electrons. The van der Waals surface area contributed by atoms with E-state index in [2.05, 4.69) is 27.4 Å². The standard InChI is InChI=1S/C15H13FN4O/c16-14-6-5-11(3-1-7-17)9-13(14)15(21)18-10-12-4-2-8-19-20-12/h2,4-6,8-9H,7,10,17H2,(H,18,21). The van der Waals surface area contributed by atoms with Gasteiger partial charge in [0.1, 0.15) is 5.82 Å². The van der Waals surface area contributed by atoms with E-state index in [-0.39, 0.29) is 18.7 Å². The fourth-order valence-corrected chi connectivity index (χ4v) is 1.62. The molecule has 1 heterocycles. The van der Waals surface area contributed by atoms with E-state index in [1.54, 1.807) is 12.1 Å². The Balaban J connectivity index is 2.11. The molecule has 0 aliphatic heterocycles. The second kappa shape index (κ2) is 7.12. The first-order valence-corrected chi connectivity index (χ1v) is 6.24. The minimum atomic E-state index is -0.607. The summed E-state index contributed by atoms with van der Waals surface area (Å²) in [7, 11) is 0. The molecule has 5 nitrogen and oxygen atoms in total. The van der Waals surface area contributed by atoms with Gasteiger partial charge in [-0.2, -0.15) is 10.2 Å². The van der Waals surface area contributed by atoms with E-state index in [0.29, 0.717) is 11.3 Å². The summed E-state index contributed by atoms with van der Waals surface area (Å²) in [5, 5.41) is 10.1. The molecular formula is C15H13FN4O. The monoisotopic (exact) mass is 284 g/mol. The van der Waals surface area contributed by atoms with Crippen molar-refractivity contribution in [3.05, 3.63) is 59.2 Å². The van der Waals surface area contributed by atoms with Crippen LogP contribution in [0.25, 0.3) is 0 Å². The first-order chi connectivity index (χ1) is 10.2. The van der Waals surface area contributed by atoms with E-state index >= 15 is 0 Å². The van der Waals surface area contributed by atoms with E-state index in [1.807, 2.05) is 0 Å². The predicted molar refractivity (Wildman–Crippen MR) is 75.5 cm³/mol. The van der Waals surface area contributed by atoms with E-state index < -0.39 is 11.7 Å². The van der Waals surface area contributed by atoms with Gasteiger partial charge in [0.2, 0.25) is 0 Å². The highest BCUT2D eigenvalue weighted by Crippen LogP contribution is 2.10. The lowest BCUT2D eigenvalue weighted by atomic mass is 10.1. The maximum absolute atomic E-state index is 13.7. The summed E-state index contributed by atoms with van der Waals surface area (Å²) in [6.07, 6.45) is 1.53. The molecule has 0 unspecified atom stereocenters. The van der Waals surface area contributed by atoms with Crippen LogP contribution in [-0.2, 0) is 6.54 Å². The van der Waals surface area contributed by atoms with Crippen molar-refractivity contribution in [1.29, 1.82) is 0 Å². The number of halogens is 1. The van der Waals surface area contributed by atoms with Gasteiger partial charge in [-0.15, -0.1) is 0 Å². The number of hydrogen-bond acceptors (Lipinski definition) is 4. The normalized spacial score (nSPS) is 9.62. The first-order valence-electron chi connectivity index (χ1n) is 6.24. The number of rotatable bonds is 3. The zero-order valence-electron chi connectivity index (χ0n) is 11.1. The number of carbonyl (C=O) groups is 1. The van der Waals surface area contributed by atoms with Gasteiger partial charge in [-0.3, -0.25) is 4.79 Å². The zero-order valence-corrected chi connectivity index (χ0v) is 11.1. The number of hydrogen-bond donors (Lipinski definition) is 2. The first kappa shape index (κ1) is 14.6. The van der Waals surface area contributed by atoms with E-state index in [1.165, 1.54) is 24.4 Å². The highest BCUT2D eigenvalue weighted by Gasteiger charge is 2.12. The number of nitrogens with zero attached hydrogens (tertiary/aromatic N) is 2. The summed E-state index contributed by atoms with van der Waals surface area (Å²) >= 11 is 0. The third kappa shape index (κ3) is 4.09. The van der Waals surface area contributed by atoms with Crippen LogP contribution < -0.4 is 11.1 Å². The van der Waals surface area contributed by atoms with Crippen molar-refractivity contribution >= 4 is 5.91 Å².